The first-order chi connectivity index (χ1) is 6.75. The molecule has 2 N–H and O–H groups in total. The lowest BCUT2D eigenvalue weighted by molar-refractivity contribution is -0.127. The standard InChI is InChI=1S/C11H18N2O/c12-10-4-6-13(7-5-10)11(14)8-9-2-1-3-9/h8,10H,1-7,12H2. The van der Waals surface area contributed by atoms with Gasteiger partial charge in [0.25, 0.3) is 0 Å². The monoisotopic (exact) mass is 194 g/mol. The fourth-order valence-corrected chi connectivity index (χ4v) is 1.91. The van der Waals surface area contributed by atoms with Crippen LogP contribution in [-0.4, -0.2) is 29.9 Å². The van der Waals surface area contributed by atoms with E-state index in [1.54, 1.807) is 0 Å². The first-order valence-electron chi connectivity index (χ1n) is 5.49. The molecule has 1 heterocycles. The summed E-state index contributed by atoms with van der Waals surface area (Å²) in [6, 6.07) is 0.301. The molecule has 3 nitrogen and oxygen atoms in total. The molecule has 1 saturated heterocycles. The Kier molecular flexibility index (Phi) is 2.87. The first kappa shape index (κ1) is 9.71. The molecule has 0 radical (unpaired) electrons. The molecule has 2 rings (SSSR count). The Morgan fingerprint density at radius 3 is 2.50 bits per heavy atom. The Morgan fingerprint density at radius 1 is 1.36 bits per heavy atom. The predicted molar refractivity (Wildman–Crippen MR) is 55.7 cm³/mol. The van der Waals surface area contributed by atoms with E-state index in [1.165, 1.54) is 12.0 Å². The van der Waals surface area contributed by atoms with Crippen LogP contribution < -0.4 is 5.73 Å². The van der Waals surface area contributed by atoms with Gasteiger partial charge in [0.15, 0.2) is 0 Å². The second-order valence-electron chi connectivity index (χ2n) is 4.32. The largest absolute Gasteiger partial charge is 0.339 e. The van der Waals surface area contributed by atoms with E-state index in [0.29, 0.717) is 6.04 Å². The van der Waals surface area contributed by atoms with Crippen molar-refractivity contribution in [1.29, 1.82) is 0 Å². The lowest BCUT2D eigenvalue weighted by Gasteiger charge is -2.30. The van der Waals surface area contributed by atoms with Gasteiger partial charge in [-0.2, -0.15) is 0 Å². The van der Waals surface area contributed by atoms with Crippen LogP contribution in [0.5, 0.6) is 0 Å². The zero-order chi connectivity index (χ0) is 9.97. The van der Waals surface area contributed by atoms with Gasteiger partial charge in [-0.05, 0) is 32.1 Å². The highest BCUT2D eigenvalue weighted by Crippen LogP contribution is 2.25. The number of piperidine rings is 1. The number of carbonyl (C=O) groups is 1. The third-order valence-electron chi connectivity index (χ3n) is 3.17. The van der Waals surface area contributed by atoms with Gasteiger partial charge >= 0.3 is 0 Å². The van der Waals surface area contributed by atoms with Crippen molar-refractivity contribution in [2.24, 2.45) is 5.73 Å². The summed E-state index contributed by atoms with van der Waals surface area (Å²) in [7, 11) is 0. The Balaban J connectivity index is 1.85. The number of amides is 1. The average molecular weight is 194 g/mol. The van der Waals surface area contributed by atoms with E-state index in [2.05, 4.69) is 0 Å². The van der Waals surface area contributed by atoms with E-state index in [1.807, 2.05) is 11.0 Å². The van der Waals surface area contributed by atoms with Crippen molar-refractivity contribution in [2.75, 3.05) is 13.1 Å². The summed E-state index contributed by atoms with van der Waals surface area (Å²) >= 11 is 0. The van der Waals surface area contributed by atoms with Crippen LogP contribution >= 0.6 is 0 Å². The fourth-order valence-electron chi connectivity index (χ4n) is 1.91. The minimum Gasteiger partial charge on any atom is -0.339 e. The summed E-state index contributed by atoms with van der Waals surface area (Å²) in [4.78, 5) is 13.6. The minimum atomic E-state index is 0.201. The molecule has 1 aliphatic heterocycles. The normalized spacial score (nSPS) is 23.2. The Hall–Kier alpha value is -0.830. The molecule has 0 aromatic heterocycles. The maximum atomic E-state index is 11.7. The average Bonchev–Trinajstić information content (AvgIpc) is 2.12. The lowest BCUT2D eigenvalue weighted by Crippen LogP contribution is -2.42. The predicted octanol–water partition coefficient (Wildman–Crippen LogP) is 1.05. The number of nitrogens with zero attached hydrogens (tertiary/aromatic N) is 1. The highest BCUT2D eigenvalue weighted by atomic mass is 16.2. The molecule has 0 atom stereocenters. The topological polar surface area (TPSA) is 46.3 Å². The van der Waals surface area contributed by atoms with Crippen LogP contribution in [0.3, 0.4) is 0 Å². The molecule has 0 unspecified atom stereocenters. The minimum absolute atomic E-state index is 0.201. The van der Waals surface area contributed by atoms with E-state index in [9.17, 15) is 4.79 Å². The van der Waals surface area contributed by atoms with Gasteiger partial charge in [-0.1, -0.05) is 5.57 Å². The zero-order valence-electron chi connectivity index (χ0n) is 8.54. The molecular formula is C11H18N2O. The van der Waals surface area contributed by atoms with Crippen molar-refractivity contribution < 1.29 is 4.79 Å². The Morgan fingerprint density at radius 2 is 2.00 bits per heavy atom. The number of rotatable bonds is 1. The molecule has 14 heavy (non-hydrogen) atoms. The first-order valence-corrected chi connectivity index (χ1v) is 5.49. The summed E-state index contributed by atoms with van der Waals surface area (Å²) in [5.74, 6) is 0.201. The van der Waals surface area contributed by atoms with E-state index in [0.717, 1.165) is 38.8 Å². The van der Waals surface area contributed by atoms with Crippen LogP contribution in [0, 0.1) is 0 Å². The van der Waals surface area contributed by atoms with Crippen LogP contribution in [0.25, 0.3) is 0 Å². The van der Waals surface area contributed by atoms with E-state index >= 15 is 0 Å². The van der Waals surface area contributed by atoms with E-state index in [-0.39, 0.29) is 5.91 Å². The molecule has 0 bridgehead atoms. The maximum absolute atomic E-state index is 11.7. The molecule has 2 fully saturated rings. The summed E-state index contributed by atoms with van der Waals surface area (Å²) in [6.07, 6.45) is 7.24. The smallest absolute Gasteiger partial charge is 0.246 e. The number of allylic oxidation sites excluding steroid dienone is 1. The van der Waals surface area contributed by atoms with Crippen LogP contribution in [-0.2, 0) is 4.79 Å². The Bertz CT molecular complexity index is 246. The zero-order valence-corrected chi connectivity index (χ0v) is 8.54. The number of hydrogen-bond acceptors (Lipinski definition) is 2. The van der Waals surface area contributed by atoms with Gasteiger partial charge in [0, 0.05) is 25.2 Å². The molecule has 0 aromatic carbocycles. The van der Waals surface area contributed by atoms with Crippen molar-refractivity contribution in [1.82, 2.24) is 4.90 Å². The van der Waals surface area contributed by atoms with Crippen molar-refractivity contribution in [3.8, 4) is 0 Å². The van der Waals surface area contributed by atoms with Crippen molar-refractivity contribution in [3.05, 3.63) is 11.6 Å². The van der Waals surface area contributed by atoms with E-state index < -0.39 is 0 Å². The quantitative estimate of drug-likeness (QED) is 0.634. The highest BCUT2D eigenvalue weighted by Gasteiger charge is 2.20. The van der Waals surface area contributed by atoms with Gasteiger partial charge in [-0.15, -0.1) is 0 Å². The van der Waals surface area contributed by atoms with Gasteiger partial charge in [0.05, 0.1) is 0 Å². The second-order valence-corrected chi connectivity index (χ2v) is 4.32. The fraction of sp³-hybridized carbons (Fsp3) is 0.727. The SMILES string of the molecule is NC1CCN(C(=O)C=C2CCC2)CC1. The number of carbonyl (C=O) groups excluding carboxylic acids is 1. The van der Waals surface area contributed by atoms with E-state index in [4.69, 9.17) is 5.73 Å². The molecule has 78 valence electrons. The molecule has 2 aliphatic rings. The number of likely N-dealkylation sites (tertiary alicyclic amines) is 1. The molecule has 0 aromatic rings. The molecule has 1 saturated carbocycles. The molecule has 0 spiro atoms. The van der Waals surface area contributed by atoms with Crippen LogP contribution in [0.4, 0.5) is 0 Å². The second kappa shape index (κ2) is 4.13. The lowest BCUT2D eigenvalue weighted by atomic mass is 9.92. The number of nitrogens with two attached hydrogens (primary N) is 1. The third-order valence-corrected chi connectivity index (χ3v) is 3.17. The van der Waals surface area contributed by atoms with Crippen LogP contribution in [0.15, 0.2) is 11.6 Å². The van der Waals surface area contributed by atoms with Crippen LogP contribution in [0.2, 0.25) is 0 Å². The highest BCUT2D eigenvalue weighted by molar-refractivity contribution is 5.88. The van der Waals surface area contributed by atoms with Gasteiger partial charge < -0.3 is 10.6 Å². The summed E-state index contributed by atoms with van der Waals surface area (Å²) in [5.41, 5.74) is 7.11. The molecule has 1 amide bonds. The van der Waals surface area contributed by atoms with Gasteiger partial charge in [0.1, 0.15) is 0 Å². The van der Waals surface area contributed by atoms with Crippen molar-refractivity contribution in [3.63, 3.8) is 0 Å². The van der Waals surface area contributed by atoms with Crippen molar-refractivity contribution >= 4 is 5.91 Å². The maximum Gasteiger partial charge on any atom is 0.246 e. The summed E-state index contributed by atoms with van der Waals surface area (Å²) < 4.78 is 0. The molecule has 1 aliphatic carbocycles. The van der Waals surface area contributed by atoms with Gasteiger partial charge in [-0.3, -0.25) is 4.79 Å². The number of hydrogen-bond donors (Lipinski definition) is 1. The van der Waals surface area contributed by atoms with Crippen molar-refractivity contribution in [2.45, 2.75) is 38.1 Å². The summed E-state index contributed by atoms with van der Waals surface area (Å²) in [6.45, 7) is 1.67. The Labute approximate surface area is 84.9 Å². The summed E-state index contributed by atoms with van der Waals surface area (Å²) in [5, 5.41) is 0. The van der Waals surface area contributed by atoms with Crippen LogP contribution in [0.1, 0.15) is 32.1 Å². The van der Waals surface area contributed by atoms with Gasteiger partial charge in [0.2, 0.25) is 5.91 Å². The molecular weight excluding hydrogens is 176 g/mol. The third kappa shape index (κ3) is 2.15. The molecule has 3 heteroatoms. The van der Waals surface area contributed by atoms with Gasteiger partial charge in [-0.25, -0.2) is 0 Å².